The molecular weight excluding hydrogens is 591 g/mol. The first-order valence-corrected chi connectivity index (χ1v) is 14.7. The zero-order valence-electron chi connectivity index (χ0n) is 17.9. The molecule has 0 aromatic carbocycles. The molecule has 2 amide bonds. The summed E-state index contributed by atoms with van der Waals surface area (Å²) < 4.78 is 0. The Morgan fingerprint density at radius 1 is 1.25 bits per heavy atom. The number of rotatable bonds is 9. The van der Waals surface area contributed by atoms with E-state index < -0.39 is 29.2 Å². The minimum absolute atomic E-state index is 0.0128. The predicted molar refractivity (Wildman–Crippen MR) is 142 cm³/mol. The summed E-state index contributed by atoms with van der Waals surface area (Å²) in [7, 11) is 0. The van der Waals surface area contributed by atoms with Gasteiger partial charge in [0, 0.05) is 39.1 Å². The number of pyridine rings is 1. The van der Waals surface area contributed by atoms with Gasteiger partial charge in [-0.3, -0.25) is 29.3 Å². The topological polar surface area (TPSA) is 171 Å². The summed E-state index contributed by atoms with van der Waals surface area (Å²) >= 11 is 17.1. The average Bonchev–Trinajstić information content (AvgIpc) is 2.81. The van der Waals surface area contributed by atoms with E-state index in [-0.39, 0.29) is 23.0 Å². The number of carbonyl (C=O) groups excluding carboxylic acids is 2. The monoisotopic (exact) mass is 606 g/mol. The van der Waals surface area contributed by atoms with Gasteiger partial charge in [0.1, 0.15) is 22.1 Å². The van der Waals surface area contributed by atoms with Crippen molar-refractivity contribution in [1.82, 2.24) is 25.2 Å². The van der Waals surface area contributed by atoms with Crippen LogP contribution in [0.5, 0.6) is 0 Å². The van der Waals surface area contributed by atoms with E-state index in [0.29, 0.717) is 35.7 Å². The normalized spacial score (nSPS) is 19.1. The van der Waals surface area contributed by atoms with Crippen LogP contribution in [-0.2, 0) is 14.4 Å². The summed E-state index contributed by atoms with van der Waals surface area (Å²) in [6, 6.07) is 0.450. The number of nitrogens with two attached hydrogens (primary N) is 1. The second-order valence-corrected chi connectivity index (χ2v) is 12.5. The number of halogens is 2. The van der Waals surface area contributed by atoms with E-state index in [1.807, 2.05) is 0 Å². The first-order chi connectivity index (χ1) is 17.2. The van der Waals surface area contributed by atoms with E-state index in [9.17, 15) is 24.3 Å². The molecule has 5 N–H and O–H groups in total. The van der Waals surface area contributed by atoms with E-state index in [2.05, 4.69) is 20.3 Å². The number of aromatic nitrogens is 3. The SMILES string of the molecule is Nc1nc(SCSC2=C(C(=O)O)N3C(=O)C(NC(=O)CSc4c(Cl)cncc4Cl)C3SC2)cc(=O)[nH]1. The van der Waals surface area contributed by atoms with E-state index in [1.54, 1.807) is 0 Å². The zero-order chi connectivity index (χ0) is 26.0. The van der Waals surface area contributed by atoms with Crippen molar-refractivity contribution in [2.75, 3.05) is 22.3 Å². The number of nitrogen functional groups attached to an aromatic ring is 1. The first kappa shape index (κ1) is 27.0. The number of hydrogen-bond acceptors (Lipinski definition) is 11. The Kier molecular flexibility index (Phi) is 8.67. The third-order valence-electron chi connectivity index (χ3n) is 4.79. The van der Waals surface area contributed by atoms with Crippen LogP contribution in [0.4, 0.5) is 5.95 Å². The summed E-state index contributed by atoms with van der Waals surface area (Å²) in [4.78, 5) is 61.2. The highest BCUT2D eigenvalue weighted by Gasteiger charge is 2.54. The standard InChI is InChI=1S/C19H16Cl2N6O5S4/c20-7-2-23-3-8(21)15(7)33-5-11(29)24-13-16(30)27-14(18(31)32)9(4-34-17(13)27)35-6-36-12-1-10(28)25-19(22)26-12/h1-3,13,17H,4-6H2,(H,24,29)(H,31,32)(H3,22,25,26,28). The largest absolute Gasteiger partial charge is 0.477 e. The van der Waals surface area contributed by atoms with Crippen LogP contribution in [0.15, 0.2) is 43.8 Å². The molecule has 17 heteroatoms. The third-order valence-corrected chi connectivity index (χ3v) is 10.3. The van der Waals surface area contributed by atoms with Crippen LogP contribution in [0.1, 0.15) is 0 Å². The lowest BCUT2D eigenvalue weighted by molar-refractivity contribution is -0.150. The molecule has 2 aliphatic heterocycles. The lowest BCUT2D eigenvalue weighted by Gasteiger charge is -2.49. The minimum atomic E-state index is -1.23. The lowest BCUT2D eigenvalue weighted by atomic mass is 10.1. The first-order valence-electron chi connectivity index (χ1n) is 9.90. The summed E-state index contributed by atoms with van der Waals surface area (Å²) in [6.07, 6.45) is 2.83. The second kappa shape index (κ2) is 11.6. The molecule has 11 nitrogen and oxygen atoms in total. The van der Waals surface area contributed by atoms with Crippen molar-refractivity contribution in [3.8, 4) is 0 Å². The number of H-pyrrole nitrogens is 1. The van der Waals surface area contributed by atoms with Gasteiger partial charge in [0.05, 0.1) is 15.8 Å². The van der Waals surface area contributed by atoms with E-state index >= 15 is 0 Å². The average molecular weight is 608 g/mol. The smallest absolute Gasteiger partial charge is 0.353 e. The van der Waals surface area contributed by atoms with Gasteiger partial charge < -0.3 is 16.2 Å². The highest BCUT2D eigenvalue weighted by molar-refractivity contribution is 8.18. The van der Waals surface area contributed by atoms with Gasteiger partial charge in [-0.2, -0.15) is 0 Å². The Morgan fingerprint density at radius 3 is 2.64 bits per heavy atom. The fraction of sp³-hybridized carbons (Fsp3) is 0.263. The van der Waals surface area contributed by atoms with Crippen molar-refractivity contribution in [3.63, 3.8) is 0 Å². The van der Waals surface area contributed by atoms with Gasteiger partial charge >= 0.3 is 5.97 Å². The lowest BCUT2D eigenvalue weighted by Crippen LogP contribution is -2.70. The third kappa shape index (κ3) is 5.92. The van der Waals surface area contributed by atoms with Crippen molar-refractivity contribution in [1.29, 1.82) is 0 Å². The van der Waals surface area contributed by atoms with Crippen LogP contribution >= 0.6 is 70.2 Å². The van der Waals surface area contributed by atoms with Gasteiger partial charge in [0.2, 0.25) is 11.9 Å². The van der Waals surface area contributed by atoms with E-state index in [0.717, 1.165) is 11.8 Å². The summed E-state index contributed by atoms with van der Waals surface area (Å²) in [5.41, 5.74) is 5.04. The maximum Gasteiger partial charge on any atom is 0.353 e. The molecule has 2 atom stereocenters. The van der Waals surface area contributed by atoms with Crippen molar-refractivity contribution >= 4 is 94.0 Å². The van der Waals surface area contributed by atoms with Crippen molar-refractivity contribution in [2.24, 2.45) is 0 Å². The van der Waals surface area contributed by atoms with Crippen LogP contribution in [0, 0.1) is 0 Å². The Bertz CT molecular complexity index is 1310. The molecule has 0 radical (unpaired) electrons. The number of aliphatic carboxylic acids is 1. The van der Waals surface area contributed by atoms with Gasteiger partial charge in [-0.15, -0.1) is 35.3 Å². The molecule has 0 bridgehead atoms. The molecule has 1 saturated heterocycles. The number of aromatic amines is 1. The molecule has 2 aliphatic rings. The number of carboxylic acids is 1. The summed E-state index contributed by atoms with van der Waals surface area (Å²) in [5.74, 6) is -1.86. The molecule has 2 aromatic heterocycles. The number of thioether (sulfide) groups is 4. The zero-order valence-corrected chi connectivity index (χ0v) is 22.7. The fourth-order valence-electron chi connectivity index (χ4n) is 3.28. The molecule has 36 heavy (non-hydrogen) atoms. The Balaban J connectivity index is 1.37. The molecule has 2 unspecified atom stereocenters. The number of carbonyl (C=O) groups is 3. The van der Waals surface area contributed by atoms with Crippen LogP contribution in [0.3, 0.4) is 0 Å². The molecule has 4 rings (SSSR count). The number of nitrogens with zero attached hydrogens (tertiary/aromatic N) is 3. The van der Waals surface area contributed by atoms with E-state index in [4.69, 9.17) is 28.9 Å². The maximum atomic E-state index is 12.8. The molecule has 0 spiro atoms. The number of amides is 2. The Morgan fingerprint density at radius 2 is 1.97 bits per heavy atom. The molecule has 4 heterocycles. The summed E-state index contributed by atoms with van der Waals surface area (Å²) in [5, 5.41) is 13.3. The predicted octanol–water partition coefficient (Wildman–Crippen LogP) is 2.33. The van der Waals surface area contributed by atoms with Crippen molar-refractivity contribution in [3.05, 3.63) is 49.5 Å². The van der Waals surface area contributed by atoms with Gasteiger partial charge in [0.15, 0.2) is 0 Å². The van der Waals surface area contributed by atoms with Crippen LogP contribution in [0.2, 0.25) is 10.0 Å². The van der Waals surface area contributed by atoms with Crippen LogP contribution in [0.25, 0.3) is 0 Å². The number of hydrogen-bond donors (Lipinski definition) is 4. The quantitative estimate of drug-likeness (QED) is 0.142. The van der Waals surface area contributed by atoms with E-state index in [1.165, 1.54) is 58.6 Å². The summed E-state index contributed by atoms with van der Waals surface area (Å²) in [6.45, 7) is 0. The fourth-order valence-corrected chi connectivity index (χ4v) is 8.41. The molecule has 0 saturated carbocycles. The van der Waals surface area contributed by atoms with Crippen LogP contribution in [-0.4, -0.2) is 70.7 Å². The highest BCUT2D eigenvalue weighted by atomic mass is 35.5. The van der Waals surface area contributed by atoms with Gasteiger partial charge in [-0.1, -0.05) is 35.0 Å². The molecule has 1 fully saturated rings. The highest BCUT2D eigenvalue weighted by Crippen LogP contribution is 2.44. The molecule has 0 aliphatic carbocycles. The number of fused-ring (bicyclic) bond motifs is 1. The van der Waals surface area contributed by atoms with Gasteiger partial charge in [-0.05, 0) is 0 Å². The maximum absolute atomic E-state index is 12.8. The van der Waals surface area contributed by atoms with Crippen molar-refractivity contribution < 1.29 is 19.5 Å². The Labute approximate surface area is 230 Å². The number of carboxylic acid groups (broad SMARTS) is 1. The van der Waals surface area contributed by atoms with Gasteiger partial charge in [-0.25, -0.2) is 9.78 Å². The minimum Gasteiger partial charge on any atom is -0.477 e. The Hall–Kier alpha value is -2.04. The number of β-lactam (4-membered cyclic amide) rings is 1. The molecular formula is C19H16Cl2N6O5S4. The number of nitrogens with one attached hydrogen (secondary N) is 2. The van der Waals surface area contributed by atoms with Crippen LogP contribution < -0.4 is 16.6 Å². The number of anilines is 1. The molecule has 2 aromatic rings. The van der Waals surface area contributed by atoms with Gasteiger partial charge in [0.25, 0.3) is 11.5 Å². The second-order valence-electron chi connectivity index (χ2n) is 7.13. The van der Waals surface area contributed by atoms with Crippen molar-refractivity contribution in [2.45, 2.75) is 21.3 Å². The molecule has 190 valence electrons.